The number of aromatic nitrogens is 3. The number of likely N-dealkylation sites (tertiary alicyclic amines) is 1. The van der Waals surface area contributed by atoms with Crippen LogP contribution in [0.2, 0.25) is 5.02 Å². The Morgan fingerprint density at radius 1 is 1.21 bits per heavy atom. The van der Waals surface area contributed by atoms with Crippen LogP contribution in [0.4, 0.5) is 19.0 Å². The minimum Gasteiger partial charge on any atom is -0.367 e. The lowest BCUT2D eigenvalue weighted by molar-refractivity contribution is -0.126. The molecule has 0 atom stereocenters. The number of benzene rings is 1. The van der Waals surface area contributed by atoms with Gasteiger partial charge in [0.1, 0.15) is 28.7 Å². The Morgan fingerprint density at radius 3 is 2.74 bits per heavy atom. The van der Waals surface area contributed by atoms with Gasteiger partial charge in [0, 0.05) is 41.5 Å². The van der Waals surface area contributed by atoms with Gasteiger partial charge in [0.15, 0.2) is 0 Å². The lowest BCUT2D eigenvalue weighted by Gasteiger charge is -2.32. The molecule has 0 amide bonds. The van der Waals surface area contributed by atoms with E-state index in [9.17, 15) is 13.2 Å². The van der Waals surface area contributed by atoms with Gasteiger partial charge < -0.3 is 10.3 Å². The summed E-state index contributed by atoms with van der Waals surface area (Å²) in [5, 5.41) is 14.7. The van der Waals surface area contributed by atoms with Gasteiger partial charge in [0.2, 0.25) is 0 Å². The molecule has 34 heavy (non-hydrogen) atoms. The SMILES string of the molecule is N#Cc1cc2c(Cl)c(CN3CCC(Nc4ncnc5sc(CC(F)(F)F)cc45)CC3)ccc2[nH]1. The van der Waals surface area contributed by atoms with Gasteiger partial charge in [-0.1, -0.05) is 17.7 Å². The molecule has 3 aromatic heterocycles. The first-order chi connectivity index (χ1) is 16.3. The molecule has 0 radical (unpaired) electrons. The van der Waals surface area contributed by atoms with Gasteiger partial charge in [-0.15, -0.1) is 11.3 Å². The molecule has 4 aromatic rings. The van der Waals surface area contributed by atoms with Crippen LogP contribution in [0.5, 0.6) is 0 Å². The average molecular weight is 505 g/mol. The number of rotatable bonds is 5. The number of fused-ring (bicyclic) bond motifs is 2. The number of H-pyrrole nitrogens is 1. The molecule has 0 saturated carbocycles. The molecule has 2 N–H and O–H groups in total. The lowest BCUT2D eigenvalue weighted by atomic mass is 10.0. The van der Waals surface area contributed by atoms with Crippen molar-refractivity contribution in [3.63, 3.8) is 0 Å². The van der Waals surface area contributed by atoms with Crippen LogP contribution in [0.15, 0.2) is 30.6 Å². The Hall–Kier alpha value is -2.87. The standard InChI is InChI=1S/C23H20ClF3N6S/c24-20-13(1-2-19-17(20)7-15(10-28)31-19)11-33-5-3-14(4-6-33)32-21-18-8-16(9-23(25,26)27)34-22(18)30-12-29-21/h1-2,7-8,12,14,31H,3-6,9,11H2,(H,29,30,32). The first kappa shape index (κ1) is 22.9. The second kappa shape index (κ2) is 9.06. The summed E-state index contributed by atoms with van der Waals surface area (Å²) >= 11 is 7.67. The normalized spacial score (nSPS) is 15.7. The second-order valence-electron chi connectivity index (χ2n) is 8.44. The number of hydrogen-bond donors (Lipinski definition) is 2. The fraction of sp³-hybridized carbons (Fsp3) is 0.348. The summed E-state index contributed by atoms with van der Waals surface area (Å²) in [6, 6.07) is 9.51. The fourth-order valence-electron chi connectivity index (χ4n) is 4.37. The molecule has 4 heterocycles. The summed E-state index contributed by atoms with van der Waals surface area (Å²) in [5.74, 6) is 0.586. The Morgan fingerprint density at radius 2 is 2.00 bits per heavy atom. The number of hydrogen-bond acceptors (Lipinski definition) is 6. The number of nitrogens with zero attached hydrogens (tertiary/aromatic N) is 4. The average Bonchev–Trinajstić information content (AvgIpc) is 3.40. The predicted molar refractivity (Wildman–Crippen MR) is 127 cm³/mol. The Kier molecular flexibility index (Phi) is 6.10. The molecule has 11 heteroatoms. The largest absolute Gasteiger partial charge is 0.393 e. The summed E-state index contributed by atoms with van der Waals surface area (Å²) in [6.07, 6.45) is -2.08. The van der Waals surface area contributed by atoms with E-state index >= 15 is 0 Å². The lowest BCUT2D eigenvalue weighted by Crippen LogP contribution is -2.38. The summed E-state index contributed by atoms with van der Waals surface area (Å²) in [4.78, 5) is 14.6. The van der Waals surface area contributed by atoms with Crippen LogP contribution in [0, 0.1) is 11.3 Å². The van der Waals surface area contributed by atoms with Crippen molar-refractivity contribution in [2.75, 3.05) is 18.4 Å². The van der Waals surface area contributed by atoms with E-state index in [-0.39, 0.29) is 10.9 Å². The van der Waals surface area contributed by atoms with Crippen LogP contribution >= 0.6 is 22.9 Å². The van der Waals surface area contributed by atoms with E-state index in [1.54, 1.807) is 12.1 Å². The van der Waals surface area contributed by atoms with Crippen LogP contribution in [-0.4, -0.2) is 45.2 Å². The number of nitriles is 1. The molecule has 0 aliphatic carbocycles. The van der Waals surface area contributed by atoms with Crippen molar-refractivity contribution in [2.24, 2.45) is 0 Å². The third-order valence-corrected chi connectivity index (χ3v) is 7.51. The third kappa shape index (κ3) is 4.82. The number of thiophene rings is 1. The zero-order chi connectivity index (χ0) is 23.9. The van der Waals surface area contributed by atoms with E-state index in [1.807, 2.05) is 12.1 Å². The predicted octanol–water partition coefficient (Wildman–Crippen LogP) is 5.88. The van der Waals surface area contributed by atoms with E-state index < -0.39 is 12.6 Å². The highest BCUT2D eigenvalue weighted by molar-refractivity contribution is 7.18. The van der Waals surface area contributed by atoms with Crippen LogP contribution in [0.1, 0.15) is 29.0 Å². The highest BCUT2D eigenvalue weighted by atomic mass is 35.5. The van der Waals surface area contributed by atoms with Gasteiger partial charge in [-0.2, -0.15) is 18.4 Å². The molecule has 1 aliphatic rings. The summed E-state index contributed by atoms with van der Waals surface area (Å²) in [7, 11) is 0. The van der Waals surface area contributed by atoms with Crippen LogP contribution in [0.3, 0.4) is 0 Å². The maximum absolute atomic E-state index is 12.8. The zero-order valence-electron chi connectivity index (χ0n) is 17.9. The minimum atomic E-state index is -4.25. The number of halogens is 4. The van der Waals surface area contributed by atoms with E-state index in [4.69, 9.17) is 16.9 Å². The van der Waals surface area contributed by atoms with Crippen molar-refractivity contribution >= 4 is 49.9 Å². The molecule has 6 nitrogen and oxygen atoms in total. The quantitative estimate of drug-likeness (QED) is 0.355. The van der Waals surface area contributed by atoms with E-state index in [0.29, 0.717) is 33.3 Å². The molecule has 1 saturated heterocycles. The van der Waals surface area contributed by atoms with E-state index in [1.165, 1.54) is 6.33 Å². The maximum Gasteiger partial charge on any atom is 0.393 e. The van der Waals surface area contributed by atoms with Crippen LogP contribution in [-0.2, 0) is 13.0 Å². The smallest absolute Gasteiger partial charge is 0.367 e. The maximum atomic E-state index is 12.8. The van der Waals surface area contributed by atoms with Crippen molar-refractivity contribution in [3.05, 3.63) is 51.7 Å². The molecule has 176 valence electrons. The number of piperidine rings is 1. The van der Waals surface area contributed by atoms with Gasteiger partial charge in [-0.25, -0.2) is 9.97 Å². The molecule has 1 aliphatic heterocycles. The van der Waals surface area contributed by atoms with Crippen molar-refractivity contribution in [3.8, 4) is 6.07 Å². The van der Waals surface area contributed by atoms with E-state index in [2.05, 4.69) is 31.2 Å². The van der Waals surface area contributed by atoms with Crippen molar-refractivity contribution in [2.45, 2.75) is 38.0 Å². The van der Waals surface area contributed by atoms with Gasteiger partial charge in [0.05, 0.1) is 16.8 Å². The third-order valence-electron chi connectivity index (χ3n) is 6.02. The topological polar surface area (TPSA) is 80.6 Å². The molecule has 1 aromatic carbocycles. The fourth-order valence-corrected chi connectivity index (χ4v) is 5.68. The molecule has 0 unspecified atom stereocenters. The van der Waals surface area contributed by atoms with Gasteiger partial charge in [0.25, 0.3) is 0 Å². The van der Waals surface area contributed by atoms with Gasteiger partial charge >= 0.3 is 6.18 Å². The number of alkyl halides is 3. The molecular weight excluding hydrogens is 485 g/mol. The first-order valence-electron chi connectivity index (χ1n) is 10.8. The van der Waals surface area contributed by atoms with Gasteiger partial charge in [-0.05, 0) is 36.6 Å². The second-order valence-corrected chi connectivity index (χ2v) is 9.93. The Bertz CT molecular complexity index is 1380. The molecular formula is C23H20ClF3N6S. The van der Waals surface area contributed by atoms with Gasteiger partial charge in [-0.3, -0.25) is 4.90 Å². The van der Waals surface area contributed by atoms with Crippen LogP contribution < -0.4 is 5.32 Å². The molecule has 1 fully saturated rings. The first-order valence-corrected chi connectivity index (χ1v) is 12.0. The summed E-state index contributed by atoms with van der Waals surface area (Å²) < 4.78 is 38.3. The molecule has 0 bridgehead atoms. The van der Waals surface area contributed by atoms with Crippen molar-refractivity contribution < 1.29 is 13.2 Å². The molecule has 5 rings (SSSR count). The highest BCUT2D eigenvalue weighted by Crippen LogP contribution is 2.33. The minimum absolute atomic E-state index is 0.168. The Labute approximate surface area is 202 Å². The van der Waals surface area contributed by atoms with Crippen molar-refractivity contribution in [1.29, 1.82) is 5.26 Å². The van der Waals surface area contributed by atoms with E-state index in [0.717, 1.165) is 53.7 Å². The van der Waals surface area contributed by atoms with Crippen LogP contribution in [0.25, 0.3) is 21.1 Å². The summed E-state index contributed by atoms with van der Waals surface area (Å²) in [6.45, 7) is 2.40. The molecule has 0 spiro atoms. The number of anilines is 1. The zero-order valence-corrected chi connectivity index (χ0v) is 19.5. The van der Waals surface area contributed by atoms with Crippen molar-refractivity contribution in [1.82, 2.24) is 19.9 Å². The highest BCUT2D eigenvalue weighted by Gasteiger charge is 2.29. The Balaban J connectivity index is 1.23. The number of nitrogens with one attached hydrogen (secondary N) is 2. The monoisotopic (exact) mass is 504 g/mol. The summed E-state index contributed by atoms with van der Waals surface area (Å²) in [5.41, 5.74) is 2.34. The number of aromatic amines is 1.